The molecule has 1 heterocycles. The fraction of sp³-hybridized carbons (Fsp3) is 0.375. The summed E-state index contributed by atoms with van der Waals surface area (Å²) >= 11 is 3.03. The third-order valence-corrected chi connectivity index (χ3v) is 5.35. The number of hydrogen-bond acceptors (Lipinski definition) is 6. The molecule has 0 unspecified atom stereocenters. The molecule has 0 aliphatic rings. The Hall–Kier alpha value is -1.73. The smallest absolute Gasteiger partial charge is 0.233 e. The Balaban J connectivity index is 1.90. The van der Waals surface area contributed by atoms with Crippen LogP contribution >= 0.6 is 23.1 Å². The van der Waals surface area contributed by atoms with Crippen LogP contribution in [0.5, 0.6) is 11.5 Å². The predicted molar refractivity (Wildman–Crippen MR) is 93.6 cm³/mol. The molecule has 124 valence electrons. The largest absolute Gasteiger partial charge is 0.493 e. The van der Waals surface area contributed by atoms with Gasteiger partial charge in [-0.3, -0.25) is 4.79 Å². The molecule has 1 aromatic carbocycles. The van der Waals surface area contributed by atoms with Gasteiger partial charge in [0.2, 0.25) is 5.91 Å². The fourth-order valence-corrected chi connectivity index (χ4v) is 3.92. The summed E-state index contributed by atoms with van der Waals surface area (Å²) in [6, 6.07) is 5.60. The van der Waals surface area contributed by atoms with Crippen molar-refractivity contribution in [1.82, 2.24) is 10.3 Å². The maximum Gasteiger partial charge on any atom is 0.233 e. The molecule has 0 spiro atoms. The number of thiazole rings is 1. The molecule has 0 fully saturated rings. The van der Waals surface area contributed by atoms with Crippen molar-refractivity contribution in [3.05, 3.63) is 34.8 Å². The highest BCUT2D eigenvalue weighted by Crippen LogP contribution is 2.28. The third-order valence-electron chi connectivity index (χ3n) is 3.16. The molecule has 0 bridgehead atoms. The van der Waals surface area contributed by atoms with Gasteiger partial charge in [0.1, 0.15) is 0 Å². The Morgan fingerprint density at radius 3 is 2.70 bits per heavy atom. The molecule has 0 aliphatic carbocycles. The molecular weight excluding hydrogens is 332 g/mol. The summed E-state index contributed by atoms with van der Waals surface area (Å²) < 4.78 is 11.4. The number of rotatable bonds is 7. The molecule has 0 saturated carbocycles. The van der Waals surface area contributed by atoms with E-state index in [4.69, 9.17) is 9.47 Å². The minimum Gasteiger partial charge on any atom is -0.493 e. The molecule has 23 heavy (non-hydrogen) atoms. The topological polar surface area (TPSA) is 60.5 Å². The van der Waals surface area contributed by atoms with E-state index in [0.29, 0.717) is 18.0 Å². The van der Waals surface area contributed by atoms with E-state index in [-0.39, 0.29) is 11.2 Å². The van der Waals surface area contributed by atoms with Crippen molar-refractivity contribution in [3.8, 4) is 11.5 Å². The lowest BCUT2D eigenvalue weighted by molar-refractivity contribution is -0.120. The van der Waals surface area contributed by atoms with Gasteiger partial charge in [-0.1, -0.05) is 17.8 Å². The molecule has 2 aromatic rings. The summed E-state index contributed by atoms with van der Waals surface area (Å²) in [5.74, 6) is 1.31. The SMILES string of the molecule is COc1ccc(CNC(=O)[C@H](C)Sc2nc(C)cs2)cc1OC. The number of carbonyl (C=O) groups excluding carboxylic acids is 1. The maximum absolute atomic E-state index is 12.2. The third kappa shape index (κ3) is 4.87. The maximum atomic E-state index is 12.2. The number of aromatic nitrogens is 1. The van der Waals surface area contributed by atoms with Gasteiger partial charge in [0.25, 0.3) is 0 Å². The van der Waals surface area contributed by atoms with Crippen LogP contribution in [0.25, 0.3) is 0 Å². The summed E-state index contributed by atoms with van der Waals surface area (Å²) in [5, 5.41) is 4.72. The lowest BCUT2D eigenvalue weighted by Crippen LogP contribution is -2.30. The van der Waals surface area contributed by atoms with E-state index in [1.807, 2.05) is 37.4 Å². The van der Waals surface area contributed by atoms with Gasteiger partial charge < -0.3 is 14.8 Å². The van der Waals surface area contributed by atoms with Gasteiger partial charge >= 0.3 is 0 Å². The van der Waals surface area contributed by atoms with Crippen molar-refractivity contribution in [3.63, 3.8) is 0 Å². The molecule has 7 heteroatoms. The molecule has 0 aliphatic heterocycles. The van der Waals surface area contributed by atoms with Crippen LogP contribution in [0, 0.1) is 6.92 Å². The highest BCUT2D eigenvalue weighted by Gasteiger charge is 2.16. The molecule has 1 atom stereocenters. The number of carbonyl (C=O) groups is 1. The molecule has 0 radical (unpaired) electrons. The number of thioether (sulfide) groups is 1. The normalized spacial score (nSPS) is 11.8. The Morgan fingerprint density at radius 2 is 2.09 bits per heavy atom. The second kappa shape index (κ2) is 8.21. The van der Waals surface area contributed by atoms with E-state index in [9.17, 15) is 4.79 Å². The first-order chi connectivity index (χ1) is 11.0. The number of nitrogens with one attached hydrogen (secondary N) is 1. The van der Waals surface area contributed by atoms with Crippen LogP contribution in [-0.2, 0) is 11.3 Å². The average Bonchev–Trinajstić information content (AvgIpc) is 2.96. The number of hydrogen-bond donors (Lipinski definition) is 1. The summed E-state index contributed by atoms with van der Waals surface area (Å²) in [5.41, 5.74) is 1.94. The van der Waals surface area contributed by atoms with E-state index in [1.54, 1.807) is 25.6 Å². The second-order valence-corrected chi connectivity index (χ2v) is 7.37. The number of ether oxygens (including phenoxy) is 2. The van der Waals surface area contributed by atoms with Gasteiger partial charge in [-0.25, -0.2) is 4.98 Å². The van der Waals surface area contributed by atoms with E-state index < -0.39 is 0 Å². The molecule has 5 nitrogen and oxygen atoms in total. The van der Waals surface area contributed by atoms with Gasteiger partial charge in [0.15, 0.2) is 15.8 Å². The zero-order valence-corrected chi connectivity index (χ0v) is 15.2. The van der Waals surface area contributed by atoms with Crippen molar-refractivity contribution in [2.75, 3.05) is 14.2 Å². The van der Waals surface area contributed by atoms with Crippen molar-refractivity contribution < 1.29 is 14.3 Å². The van der Waals surface area contributed by atoms with Crippen molar-refractivity contribution >= 4 is 29.0 Å². The number of methoxy groups -OCH3 is 2. The summed E-state index contributed by atoms with van der Waals surface area (Å²) in [6.07, 6.45) is 0. The van der Waals surface area contributed by atoms with Gasteiger partial charge in [0, 0.05) is 17.6 Å². The highest BCUT2D eigenvalue weighted by molar-refractivity contribution is 8.02. The minimum atomic E-state index is -0.194. The number of amides is 1. The van der Waals surface area contributed by atoms with Crippen LogP contribution in [0.4, 0.5) is 0 Å². The first kappa shape index (κ1) is 17.6. The standard InChI is InChI=1S/C16H20N2O3S2/c1-10-9-22-16(18-10)23-11(2)15(19)17-8-12-5-6-13(20-3)14(7-12)21-4/h5-7,9,11H,8H2,1-4H3,(H,17,19)/t11-/m0/s1. The number of nitrogens with zero attached hydrogens (tertiary/aromatic N) is 1. The second-order valence-electron chi connectivity index (χ2n) is 4.92. The molecule has 1 N–H and O–H groups in total. The number of aryl methyl sites for hydroxylation is 1. The molecular formula is C16H20N2O3S2. The van der Waals surface area contributed by atoms with Gasteiger partial charge in [-0.05, 0) is 31.5 Å². The van der Waals surface area contributed by atoms with Gasteiger partial charge in [-0.2, -0.15) is 0 Å². The first-order valence-electron chi connectivity index (χ1n) is 7.11. The lowest BCUT2D eigenvalue weighted by atomic mass is 10.2. The van der Waals surface area contributed by atoms with E-state index >= 15 is 0 Å². The van der Waals surface area contributed by atoms with Crippen LogP contribution in [0.15, 0.2) is 27.9 Å². The number of benzene rings is 1. The summed E-state index contributed by atoms with van der Waals surface area (Å²) in [4.78, 5) is 16.6. The zero-order chi connectivity index (χ0) is 16.8. The van der Waals surface area contributed by atoms with Crippen molar-refractivity contribution in [1.29, 1.82) is 0 Å². The molecule has 2 rings (SSSR count). The highest BCUT2D eigenvalue weighted by atomic mass is 32.2. The van der Waals surface area contributed by atoms with Crippen LogP contribution in [0.3, 0.4) is 0 Å². The lowest BCUT2D eigenvalue weighted by Gasteiger charge is -2.12. The Labute approximate surface area is 144 Å². The molecule has 1 aromatic heterocycles. The minimum absolute atomic E-state index is 0.0161. The average molecular weight is 352 g/mol. The fourth-order valence-electron chi connectivity index (χ4n) is 1.91. The van der Waals surface area contributed by atoms with Crippen LogP contribution in [0.2, 0.25) is 0 Å². The Kier molecular flexibility index (Phi) is 6.29. The van der Waals surface area contributed by atoms with E-state index in [0.717, 1.165) is 15.6 Å². The summed E-state index contributed by atoms with van der Waals surface area (Å²) in [6.45, 7) is 4.27. The predicted octanol–water partition coefficient (Wildman–Crippen LogP) is 3.27. The monoisotopic (exact) mass is 352 g/mol. The van der Waals surface area contributed by atoms with Crippen molar-refractivity contribution in [2.24, 2.45) is 0 Å². The van der Waals surface area contributed by atoms with E-state index in [2.05, 4.69) is 10.3 Å². The van der Waals surface area contributed by atoms with Gasteiger partial charge in [-0.15, -0.1) is 11.3 Å². The van der Waals surface area contributed by atoms with Crippen molar-refractivity contribution in [2.45, 2.75) is 30.0 Å². The quantitative estimate of drug-likeness (QED) is 0.775. The molecule has 0 saturated heterocycles. The zero-order valence-electron chi connectivity index (χ0n) is 13.6. The van der Waals surface area contributed by atoms with E-state index in [1.165, 1.54) is 11.8 Å². The van der Waals surface area contributed by atoms with Crippen LogP contribution < -0.4 is 14.8 Å². The Bertz CT molecular complexity index is 673. The first-order valence-corrected chi connectivity index (χ1v) is 8.86. The van der Waals surface area contributed by atoms with Crippen LogP contribution in [-0.4, -0.2) is 30.4 Å². The Morgan fingerprint density at radius 1 is 1.35 bits per heavy atom. The van der Waals surface area contributed by atoms with Gasteiger partial charge in [0.05, 0.1) is 19.5 Å². The van der Waals surface area contributed by atoms with Crippen LogP contribution in [0.1, 0.15) is 18.2 Å². The summed E-state index contributed by atoms with van der Waals surface area (Å²) in [7, 11) is 3.19. The molecule has 1 amide bonds.